The number of hydrogen-bond acceptors (Lipinski definition) is 1. The van der Waals surface area contributed by atoms with Crippen LogP contribution in [0.5, 0.6) is 0 Å². The zero-order valence-electron chi connectivity index (χ0n) is 7.02. The van der Waals surface area contributed by atoms with Gasteiger partial charge in [0.25, 0.3) is 5.91 Å². The molecule has 1 N–H and O–H groups in total. The normalized spacial score (nSPS) is 9.58. The molecule has 64 valence electrons. The lowest BCUT2D eigenvalue weighted by molar-refractivity contribution is 0.0962. The minimum absolute atomic E-state index is 0.0249. The standard InChI is InChI=1S/C9H10INO/c1-6-4-3-5-7(8(6)10)9(12)11-2/h3-5H,1-2H3,(H,11,12). The zero-order valence-corrected chi connectivity index (χ0v) is 9.18. The molecule has 0 fully saturated rings. The summed E-state index contributed by atoms with van der Waals surface area (Å²) in [4.78, 5) is 11.3. The van der Waals surface area contributed by atoms with Gasteiger partial charge in [-0.1, -0.05) is 12.1 Å². The Balaban J connectivity index is 3.16. The summed E-state index contributed by atoms with van der Waals surface area (Å²) in [5.41, 5.74) is 1.88. The number of amides is 1. The molecule has 0 saturated carbocycles. The van der Waals surface area contributed by atoms with Crippen molar-refractivity contribution in [2.24, 2.45) is 0 Å². The average Bonchev–Trinajstić information content (AvgIpc) is 2.08. The van der Waals surface area contributed by atoms with Gasteiger partial charge in [0.1, 0.15) is 0 Å². The lowest BCUT2D eigenvalue weighted by Crippen LogP contribution is -2.19. The second-order valence-corrected chi connectivity index (χ2v) is 3.59. The Morgan fingerprint density at radius 2 is 2.17 bits per heavy atom. The Hall–Kier alpha value is -0.580. The molecule has 0 atom stereocenters. The Labute approximate surface area is 85.5 Å². The van der Waals surface area contributed by atoms with Gasteiger partial charge in [-0.2, -0.15) is 0 Å². The fourth-order valence-electron chi connectivity index (χ4n) is 0.957. The van der Waals surface area contributed by atoms with Crippen molar-refractivity contribution in [1.29, 1.82) is 0 Å². The van der Waals surface area contributed by atoms with Crippen molar-refractivity contribution in [3.8, 4) is 0 Å². The number of carbonyl (C=O) groups is 1. The first-order valence-corrected chi connectivity index (χ1v) is 4.72. The SMILES string of the molecule is CNC(=O)c1cccc(C)c1I. The van der Waals surface area contributed by atoms with Gasteiger partial charge in [-0.05, 0) is 41.1 Å². The van der Waals surface area contributed by atoms with Gasteiger partial charge in [0, 0.05) is 10.6 Å². The molecule has 0 aliphatic rings. The zero-order chi connectivity index (χ0) is 9.14. The molecule has 1 rings (SSSR count). The molecule has 0 aliphatic heterocycles. The number of carbonyl (C=O) groups excluding carboxylic acids is 1. The highest BCUT2D eigenvalue weighted by Crippen LogP contribution is 2.16. The van der Waals surface area contributed by atoms with Crippen LogP contribution in [0.4, 0.5) is 0 Å². The third-order valence-corrected chi connectivity index (χ3v) is 3.10. The molecule has 1 amide bonds. The first-order chi connectivity index (χ1) is 5.66. The summed E-state index contributed by atoms with van der Waals surface area (Å²) in [7, 11) is 1.64. The molecule has 1 aromatic rings. The van der Waals surface area contributed by atoms with Crippen LogP contribution in [0, 0.1) is 10.5 Å². The second kappa shape index (κ2) is 3.89. The van der Waals surface area contributed by atoms with Gasteiger partial charge >= 0.3 is 0 Å². The van der Waals surface area contributed by atoms with E-state index in [0.717, 1.165) is 14.7 Å². The third-order valence-electron chi connectivity index (χ3n) is 1.66. The van der Waals surface area contributed by atoms with E-state index in [1.807, 2.05) is 25.1 Å². The summed E-state index contributed by atoms with van der Waals surface area (Å²) >= 11 is 2.18. The van der Waals surface area contributed by atoms with Crippen molar-refractivity contribution in [2.45, 2.75) is 6.92 Å². The lowest BCUT2D eigenvalue weighted by atomic mass is 10.1. The molecule has 3 heteroatoms. The number of nitrogens with one attached hydrogen (secondary N) is 1. The maximum absolute atomic E-state index is 11.3. The topological polar surface area (TPSA) is 29.1 Å². The smallest absolute Gasteiger partial charge is 0.252 e. The Bertz CT molecular complexity index is 309. The largest absolute Gasteiger partial charge is 0.355 e. The first-order valence-electron chi connectivity index (χ1n) is 3.64. The summed E-state index contributed by atoms with van der Waals surface area (Å²) < 4.78 is 1.02. The minimum Gasteiger partial charge on any atom is -0.355 e. The molecule has 0 bridgehead atoms. The van der Waals surface area contributed by atoms with Crippen molar-refractivity contribution in [3.05, 3.63) is 32.9 Å². The van der Waals surface area contributed by atoms with Gasteiger partial charge in [0.05, 0.1) is 5.56 Å². The molecule has 1 aromatic carbocycles. The van der Waals surface area contributed by atoms with Crippen molar-refractivity contribution >= 4 is 28.5 Å². The van der Waals surface area contributed by atoms with Crippen LogP contribution in [0.2, 0.25) is 0 Å². The first kappa shape index (κ1) is 9.51. The van der Waals surface area contributed by atoms with E-state index in [1.165, 1.54) is 0 Å². The van der Waals surface area contributed by atoms with E-state index < -0.39 is 0 Å². The van der Waals surface area contributed by atoms with Crippen molar-refractivity contribution < 1.29 is 4.79 Å². The van der Waals surface area contributed by atoms with Gasteiger partial charge in [-0.25, -0.2) is 0 Å². The Morgan fingerprint density at radius 1 is 1.50 bits per heavy atom. The predicted molar refractivity (Wildman–Crippen MR) is 57.3 cm³/mol. The lowest BCUT2D eigenvalue weighted by Gasteiger charge is -2.04. The van der Waals surface area contributed by atoms with Crippen molar-refractivity contribution in [3.63, 3.8) is 0 Å². The van der Waals surface area contributed by atoms with Crippen LogP contribution in [0.1, 0.15) is 15.9 Å². The van der Waals surface area contributed by atoms with Crippen LogP contribution in [-0.4, -0.2) is 13.0 Å². The van der Waals surface area contributed by atoms with Crippen LogP contribution in [0.25, 0.3) is 0 Å². The molecular weight excluding hydrogens is 265 g/mol. The van der Waals surface area contributed by atoms with Crippen LogP contribution in [0.3, 0.4) is 0 Å². The van der Waals surface area contributed by atoms with E-state index in [2.05, 4.69) is 27.9 Å². The average molecular weight is 275 g/mol. The Morgan fingerprint density at radius 3 is 2.75 bits per heavy atom. The molecule has 0 radical (unpaired) electrons. The van der Waals surface area contributed by atoms with Crippen LogP contribution in [-0.2, 0) is 0 Å². The molecule has 12 heavy (non-hydrogen) atoms. The van der Waals surface area contributed by atoms with Crippen molar-refractivity contribution in [2.75, 3.05) is 7.05 Å². The summed E-state index contributed by atoms with van der Waals surface area (Å²) in [6.45, 7) is 1.99. The second-order valence-electron chi connectivity index (χ2n) is 2.52. The van der Waals surface area contributed by atoms with E-state index in [-0.39, 0.29) is 5.91 Å². The number of halogens is 1. The van der Waals surface area contributed by atoms with Gasteiger partial charge in [-0.3, -0.25) is 4.79 Å². The molecule has 0 heterocycles. The quantitative estimate of drug-likeness (QED) is 0.780. The molecule has 0 aromatic heterocycles. The monoisotopic (exact) mass is 275 g/mol. The highest BCUT2D eigenvalue weighted by Gasteiger charge is 2.08. The molecule has 0 spiro atoms. The van der Waals surface area contributed by atoms with E-state index in [1.54, 1.807) is 7.05 Å². The summed E-state index contributed by atoms with van der Waals surface area (Å²) in [6.07, 6.45) is 0. The fourth-order valence-corrected chi connectivity index (χ4v) is 1.56. The molecule has 0 saturated heterocycles. The summed E-state index contributed by atoms with van der Waals surface area (Å²) in [5, 5.41) is 2.61. The number of rotatable bonds is 1. The number of benzene rings is 1. The van der Waals surface area contributed by atoms with Gasteiger partial charge in [0.15, 0.2) is 0 Å². The maximum atomic E-state index is 11.3. The molecule has 0 aliphatic carbocycles. The van der Waals surface area contributed by atoms with Crippen LogP contribution in [0.15, 0.2) is 18.2 Å². The molecule has 0 unspecified atom stereocenters. The van der Waals surface area contributed by atoms with E-state index >= 15 is 0 Å². The molecule has 2 nitrogen and oxygen atoms in total. The van der Waals surface area contributed by atoms with Crippen LogP contribution < -0.4 is 5.32 Å². The van der Waals surface area contributed by atoms with E-state index in [4.69, 9.17) is 0 Å². The summed E-state index contributed by atoms with van der Waals surface area (Å²) in [5.74, 6) is -0.0249. The van der Waals surface area contributed by atoms with Gasteiger partial charge in [-0.15, -0.1) is 0 Å². The van der Waals surface area contributed by atoms with Gasteiger partial charge < -0.3 is 5.32 Å². The van der Waals surface area contributed by atoms with Crippen molar-refractivity contribution in [1.82, 2.24) is 5.32 Å². The van der Waals surface area contributed by atoms with Gasteiger partial charge in [0.2, 0.25) is 0 Å². The number of aryl methyl sites for hydroxylation is 1. The summed E-state index contributed by atoms with van der Waals surface area (Å²) in [6, 6.07) is 5.71. The van der Waals surface area contributed by atoms with E-state index in [9.17, 15) is 4.79 Å². The van der Waals surface area contributed by atoms with Crippen LogP contribution >= 0.6 is 22.6 Å². The number of hydrogen-bond donors (Lipinski definition) is 1. The minimum atomic E-state index is -0.0249. The fraction of sp³-hybridized carbons (Fsp3) is 0.222. The predicted octanol–water partition coefficient (Wildman–Crippen LogP) is 1.96. The van der Waals surface area contributed by atoms with E-state index in [0.29, 0.717) is 0 Å². The maximum Gasteiger partial charge on any atom is 0.252 e. The third kappa shape index (κ3) is 1.77. The highest BCUT2D eigenvalue weighted by molar-refractivity contribution is 14.1. The Kier molecular flexibility index (Phi) is 3.08. The highest BCUT2D eigenvalue weighted by atomic mass is 127. The molecular formula is C9H10INO.